The Balaban J connectivity index is 1.15. The molecule has 0 bridgehead atoms. The van der Waals surface area contributed by atoms with Crippen LogP contribution in [0.2, 0.25) is 0 Å². The molecule has 10 rings (SSSR count). The third kappa shape index (κ3) is 4.94. The zero-order valence-electron chi connectivity index (χ0n) is 27.4. The van der Waals surface area contributed by atoms with Gasteiger partial charge in [0.05, 0.1) is 16.6 Å². The molecule has 7 aromatic carbocycles. The van der Waals surface area contributed by atoms with E-state index in [1.165, 1.54) is 5.39 Å². The fraction of sp³-hybridized carbons (Fsp3) is 0. The summed E-state index contributed by atoms with van der Waals surface area (Å²) < 4.78 is 6.64. The third-order valence-electron chi connectivity index (χ3n) is 9.53. The van der Waals surface area contributed by atoms with Crippen molar-refractivity contribution in [1.29, 1.82) is 0 Å². The molecule has 0 radical (unpaired) electrons. The normalized spacial score (nSPS) is 11.5. The molecular formula is C46H28N4O. The number of nitrogens with zero attached hydrogens (tertiary/aromatic N) is 4. The van der Waals surface area contributed by atoms with Gasteiger partial charge in [-0.15, -0.1) is 0 Å². The highest BCUT2D eigenvalue weighted by atomic mass is 16.3. The van der Waals surface area contributed by atoms with Crippen molar-refractivity contribution in [2.45, 2.75) is 0 Å². The Labute approximate surface area is 293 Å². The van der Waals surface area contributed by atoms with Crippen molar-refractivity contribution < 1.29 is 4.42 Å². The molecule has 3 aromatic heterocycles. The Morgan fingerprint density at radius 3 is 1.57 bits per heavy atom. The molecule has 5 nitrogen and oxygen atoms in total. The Morgan fingerprint density at radius 1 is 0.353 bits per heavy atom. The van der Waals surface area contributed by atoms with Gasteiger partial charge >= 0.3 is 0 Å². The van der Waals surface area contributed by atoms with E-state index in [4.69, 9.17) is 24.4 Å². The minimum atomic E-state index is 0.618. The summed E-state index contributed by atoms with van der Waals surface area (Å²) in [6, 6.07) is 58.0. The Morgan fingerprint density at radius 2 is 0.863 bits per heavy atom. The molecule has 0 saturated heterocycles. The summed E-state index contributed by atoms with van der Waals surface area (Å²) in [5.41, 5.74) is 9.41. The van der Waals surface area contributed by atoms with Gasteiger partial charge in [0.15, 0.2) is 17.5 Å². The van der Waals surface area contributed by atoms with Gasteiger partial charge in [0.25, 0.3) is 0 Å². The maximum atomic E-state index is 6.64. The largest absolute Gasteiger partial charge is 0.455 e. The maximum Gasteiger partial charge on any atom is 0.164 e. The van der Waals surface area contributed by atoms with Crippen LogP contribution in [0.25, 0.3) is 100 Å². The van der Waals surface area contributed by atoms with E-state index in [2.05, 4.69) is 97.1 Å². The van der Waals surface area contributed by atoms with Crippen molar-refractivity contribution >= 4 is 43.6 Å². The van der Waals surface area contributed by atoms with Crippen LogP contribution in [0.3, 0.4) is 0 Å². The topological polar surface area (TPSA) is 64.7 Å². The zero-order chi connectivity index (χ0) is 33.7. The average molecular weight is 653 g/mol. The van der Waals surface area contributed by atoms with E-state index in [1.54, 1.807) is 0 Å². The van der Waals surface area contributed by atoms with Crippen LogP contribution in [-0.4, -0.2) is 19.9 Å². The van der Waals surface area contributed by atoms with E-state index in [9.17, 15) is 0 Å². The van der Waals surface area contributed by atoms with Crippen LogP contribution in [0, 0.1) is 0 Å². The van der Waals surface area contributed by atoms with Crippen molar-refractivity contribution in [3.05, 3.63) is 170 Å². The van der Waals surface area contributed by atoms with E-state index in [0.717, 1.165) is 77.3 Å². The van der Waals surface area contributed by atoms with E-state index in [0.29, 0.717) is 17.5 Å². The standard InChI is InChI=1S/C46H28N4O/c1-3-14-31(15-4-1)44-48-45(32-16-5-2-6-17-32)50-46(49-44)33-27-25-30(26-28-33)35-21-12-23-38-41(35)47-42(36-22-11-18-29-13-7-8-19-34(29)36)40-37-20-9-10-24-39(37)51-43(38)40/h1-28H. The monoisotopic (exact) mass is 652 g/mol. The molecular weight excluding hydrogens is 625 g/mol. The van der Waals surface area contributed by atoms with E-state index in [1.807, 2.05) is 72.8 Å². The molecule has 51 heavy (non-hydrogen) atoms. The number of pyridine rings is 1. The van der Waals surface area contributed by atoms with Crippen molar-refractivity contribution in [2.24, 2.45) is 0 Å². The third-order valence-corrected chi connectivity index (χ3v) is 9.53. The summed E-state index contributed by atoms with van der Waals surface area (Å²) in [6.07, 6.45) is 0. The van der Waals surface area contributed by atoms with Crippen molar-refractivity contribution in [1.82, 2.24) is 19.9 Å². The quantitative estimate of drug-likeness (QED) is 0.185. The molecule has 0 amide bonds. The fourth-order valence-electron chi connectivity index (χ4n) is 7.08. The summed E-state index contributed by atoms with van der Waals surface area (Å²) in [7, 11) is 0. The summed E-state index contributed by atoms with van der Waals surface area (Å²) in [5, 5.41) is 5.39. The lowest BCUT2D eigenvalue weighted by molar-refractivity contribution is 0.672. The molecule has 0 aliphatic heterocycles. The van der Waals surface area contributed by atoms with Crippen molar-refractivity contribution in [2.75, 3.05) is 0 Å². The number of hydrogen-bond acceptors (Lipinski definition) is 5. The lowest BCUT2D eigenvalue weighted by atomic mass is 9.95. The van der Waals surface area contributed by atoms with Crippen LogP contribution >= 0.6 is 0 Å². The summed E-state index contributed by atoms with van der Waals surface area (Å²) in [5.74, 6) is 1.89. The van der Waals surface area contributed by atoms with Crippen molar-refractivity contribution in [3.8, 4) is 56.5 Å². The van der Waals surface area contributed by atoms with E-state index < -0.39 is 0 Å². The first-order valence-electron chi connectivity index (χ1n) is 17.0. The van der Waals surface area contributed by atoms with E-state index >= 15 is 0 Å². The number of aromatic nitrogens is 4. The summed E-state index contributed by atoms with van der Waals surface area (Å²) in [4.78, 5) is 20.2. The van der Waals surface area contributed by atoms with Gasteiger partial charge in [-0.3, -0.25) is 0 Å². The Hall–Kier alpha value is -6.98. The second-order valence-corrected chi connectivity index (χ2v) is 12.6. The highest BCUT2D eigenvalue weighted by Gasteiger charge is 2.21. The average Bonchev–Trinajstić information content (AvgIpc) is 3.61. The first-order chi connectivity index (χ1) is 25.3. The van der Waals surface area contributed by atoms with Gasteiger partial charge in [0.2, 0.25) is 0 Å². The predicted octanol–water partition coefficient (Wildman–Crippen LogP) is 11.8. The van der Waals surface area contributed by atoms with Crippen molar-refractivity contribution in [3.63, 3.8) is 0 Å². The van der Waals surface area contributed by atoms with Crippen LogP contribution in [0.5, 0.6) is 0 Å². The molecule has 238 valence electrons. The molecule has 5 heteroatoms. The zero-order valence-corrected chi connectivity index (χ0v) is 27.4. The Kier molecular flexibility index (Phi) is 6.74. The van der Waals surface area contributed by atoms with Gasteiger partial charge in [-0.1, -0.05) is 158 Å². The lowest BCUT2D eigenvalue weighted by Gasteiger charge is -2.13. The lowest BCUT2D eigenvalue weighted by Crippen LogP contribution is -2.00. The highest BCUT2D eigenvalue weighted by Crippen LogP contribution is 2.43. The molecule has 10 aromatic rings. The number of para-hydroxylation sites is 2. The predicted molar refractivity (Wildman–Crippen MR) is 207 cm³/mol. The van der Waals surface area contributed by atoms with Crippen LogP contribution in [0.4, 0.5) is 0 Å². The van der Waals surface area contributed by atoms with E-state index in [-0.39, 0.29) is 0 Å². The van der Waals surface area contributed by atoms with Crippen LogP contribution in [-0.2, 0) is 0 Å². The smallest absolute Gasteiger partial charge is 0.164 e. The number of benzene rings is 7. The second kappa shape index (κ2) is 11.9. The minimum Gasteiger partial charge on any atom is -0.455 e. The number of furan rings is 1. The van der Waals surface area contributed by atoms with Gasteiger partial charge in [-0.25, -0.2) is 19.9 Å². The van der Waals surface area contributed by atoms with Gasteiger partial charge in [0, 0.05) is 38.6 Å². The molecule has 3 heterocycles. The number of rotatable bonds is 5. The molecule has 0 saturated carbocycles. The van der Waals surface area contributed by atoms with Crippen LogP contribution in [0.15, 0.2) is 174 Å². The SMILES string of the molecule is c1ccc(-c2nc(-c3ccccc3)nc(-c3ccc(-c4cccc5c4nc(-c4cccc6ccccc46)c4c6ccccc6oc54)cc3)n2)cc1. The second-order valence-electron chi connectivity index (χ2n) is 12.6. The fourth-order valence-corrected chi connectivity index (χ4v) is 7.08. The van der Waals surface area contributed by atoms with Gasteiger partial charge in [-0.05, 0) is 28.5 Å². The number of fused-ring (bicyclic) bond motifs is 6. The summed E-state index contributed by atoms with van der Waals surface area (Å²) >= 11 is 0. The summed E-state index contributed by atoms with van der Waals surface area (Å²) in [6.45, 7) is 0. The molecule has 0 spiro atoms. The molecule has 0 unspecified atom stereocenters. The maximum absolute atomic E-state index is 6.64. The van der Waals surface area contributed by atoms with Gasteiger partial charge < -0.3 is 4.42 Å². The van der Waals surface area contributed by atoms with Gasteiger partial charge in [0.1, 0.15) is 11.2 Å². The minimum absolute atomic E-state index is 0.618. The molecule has 0 fully saturated rings. The highest BCUT2D eigenvalue weighted by molar-refractivity contribution is 6.22. The van der Waals surface area contributed by atoms with Gasteiger partial charge in [-0.2, -0.15) is 0 Å². The van der Waals surface area contributed by atoms with Crippen LogP contribution < -0.4 is 0 Å². The van der Waals surface area contributed by atoms with Crippen LogP contribution in [0.1, 0.15) is 0 Å². The Bertz CT molecular complexity index is 2840. The molecule has 0 aliphatic carbocycles. The first kappa shape index (κ1) is 29.0. The molecule has 0 N–H and O–H groups in total. The molecule has 0 aliphatic rings. The number of hydrogen-bond donors (Lipinski definition) is 0. The molecule has 0 atom stereocenters. The first-order valence-corrected chi connectivity index (χ1v) is 17.0.